The Balaban J connectivity index is 1.38. The average Bonchev–Trinajstić information content (AvgIpc) is 3.39. The number of rotatable bonds is 5. The Kier molecular flexibility index (Phi) is 4.21. The molecule has 0 spiro atoms. The van der Waals surface area contributed by atoms with Gasteiger partial charge in [0.1, 0.15) is 22.9 Å². The molecule has 160 valence electrons. The fourth-order valence-electron chi connectivity index (χ4n) is 4.13. The Labute approximate surface area is 183 Å². The number of hydrogen-bond acceptors (Lipinski definition) is 6. The maximum absolute atomic E-state index is 14.5. The van der Waals surface area contributed by atoms with E-state index in [1.54, 1.807) is 24.6 Å². The number of nitrogens with one attached hydrogen (secondary N) is 1. The van der Waals surface area contributed by atoms with E-state index in [4.69, 9.17) is 14.4 Å². The first-order valence-corrected chi connectivity index (χ1v) is 10.7. The van der Waals surface area contributed by atoms with Crippen molar-refractivity contribution in [2.24, 2.45) is 0 Å². The number of halogens is 1. The number of imidazole rings is 1. The molecule has 4 aromatic heterocycles. The molecule has 0 aliphatic heterocycles. The van der Waals surface area contributed by atoms with Crippen molar-refractivity contribution in [2.75, 3.05) is 5.32 Å². The van der Waals surface area contributed by atoms with Crippen LogP contribution in [0.4, 0.5) is 10.3 Å². The van der Waals surface area contributed by atoms with E-state index >= 15 is 0 Å². The van der Waals surface area contributed by atoms with Gasteiger partial charge in [0.2, 0.25) is 5.95 Å². The maximum Gasteiger partial charge on any atom is 0.208 e. The van der Waals surface area contributed by atoms with E-state index < -0.39 is 0 Å². The second kappa shape index (κ2) is 7.12. The molecular weight excluding hydrogens is 407 g/mol. The first kappa shape index (κ1) is 18.9. The smallest absolute Gasteiger partial charge is 0.208 e. The predicted octanol–water partition coefficient (Wildman–Crippen LogP) is 5.18. The van der Waals surface area contributed by atoms with Crippen molar-refractivity contribution in [3.63, 3.8) is 0 Å². The van der Waals surface area contributed by atoms with Crippen LogP contribution in [-0.4, -0.2) is 24.3 Å². The normalized spacial score (nSPS) is 13.8. The minimum Gasteiger partial charge on any atom is -0.464 e. The van der Waals surface area contributed by atoms with Gasteiger partial charge in [0.05, 0.1) is 12.0 Å². The number of hydrogen-bond donors (Lipinski definition) is 1. The van der Waals surface area contributed by atoms with Gasteiger partial charge in [0.15, 0.2) is 0 Å². The fourth-order valence-corrected chi connectivity index (χ4v) is 4.13. The second-order valence-corrected chi connectivity index (χ2v) is 8.28. The van der Waals surface area contributed by atoms with Crippen LogP contribution in [0.3, 0.4) is 0 Å². The van der Waals surface area contributed by atoms with Gasteiger partial charge < -0.3 is 9.73 Å². The van der Waals surface area contributed by atoms with Crippen LogP contribution in [0.25, 0.3) is 27.7 Å². The van der Waals surface area contributed by atoms with E-state index in [2.05, 4.69) is 15.3 Å². The number of nitrogens with zero attached hydrogens (tertiary/aromatic N) is 5. The SMILES string of the molecule is Cc1cn2c(NCc3c(F)ccc4occc34)ncc(-c3cnc(C4CC4)nc3C)c2n1. The quantitative estimate of drug-likeness (QED) is 0.416. The number of anilines is 1. The summed E-state index contributed by atoms with van der Waals surface area (Å²) < 4.78 is 21.8. The second-order valence-electron chi connectivity index (χ2n) is 8.28. The van der Waals surface area contributed by atoms with Gasteiger partial charge in [-0.1, -0.05) is 0 Å². The number of furan rings is 1. The average molecular weight is 428 g/mol. The lowest BCUT2D eigenvalue weighted by Gasteiger charge is -2.12. The standard InChI is InChI=1S/C24H21FN6O/c1-13-12-31-23(29-13)19(17-9-26-22(15-3-4-15)30-14(17)2)11-28-24(31)27-10-18-16-7-8-32-21(16)6-5-20(18)25/h5-9,11-12,15H,3-4,10H2,1-2H3,(H,27,28). The van der Waals surface area contributed by atoms with Crippen LogP contribution >= 0.6 is 0 Å². The molecular formula is C24H21FN6O. The van der Waals surface area contributed by atoms with E-state index in [9.17, 15) is 4.39 Å². The van der Waals surface area contributed by atoms with E-state index in [1.165, 1.54) is 6.07 Å². The number of fused-ring (bicyclic) bond motifs is 2. The molecule has 1 aromatic carbocycles. The van der Waals surface area contributed by atoms with Crippen LogP contribution in [0.1, 0.15) is 41.5 Å². The molecule has 1 aliphatic carbocycles. The lowest BCUT2D eigenvalue weighted by molar-refractivity contribution is 0.603. The minimum atomic E-state index is -0.287. The first-order valence-electron chi connectivity index (χ1n) is 10.7. The van der Waals surface area contributed by atoms with Crippen molar-refractivity contribution in [3.8, 4) is 11.1 Å². The monoisotopic (exact) mass is 428 g/mol. The zero-order valence-electron chi connectivity index (χ0n) is 17.8. The molecule has 0 radical (unpaired) electrons. The molecule has 32 heavy (non-hydrogen) atoms. The highest BCUT2D eigenvalue weighted by atomic mass is 19.1. The fraction of sp³-hybridized carbons (Fsp3) is 0.250. The van der Waals surface area contributed by atoms with Crippen LogP contribution in [0.5, 0.6) is 0 Å². The molecule has 8 heteroatoms. The molecule has 0 amide bonds. The number of aromatic nitrogens is 5. The lowest BCUT2D eigenvalue weighted by atomic mass is 10.1. The third-order valence-electron chi connectivity index (χ3n) is 5.95. The van der Waals surface area contributed by atoms with Crippen LogP contribution in [-0.2, 0) is 6.54 Å². The Morgan fingerprint density at radius 3 is 2.75 bits per heavy atom. The molecule has 4 heterocycles. The molecule has 0 atom stereocenters. The highest BCUT2D eigenvalue weighted by Crippen LogP contribution is 2.39. The molecule has 5 aromatic rings. The molecule has 1 aliphatic rings. The van der Waals surface area contributed by atoms with Crippen molar-refractivity contribution < 1.29 is 8.81 Å². The predicted molar refractivity (Wildman–Crippen MR) is 119 cm³/mol. The summed E-state index contributed by atoms with van der Waals surface area (Å²) >= 11 is 0. The molecule has 0 saturated heterocycles. The van der Waals surface area contributed by atoms with Crippen molar-refractivity contribution in [2.45, 2.75) is 39.2 Å². The van der Waals surface area contributed by atoms with E-state index in [0.29, 0.717) is 23.0 Å². The van der Waals surface area contributed by atoms with Crippen LogP contribution < -0.4 is 5.32 Å². The highest BCUT2D eigenvalue weighted by molar-refractivity contribution is 5.82. The number of benzene rings is 1. The topological polar surface area (TPSA) is 81.1 Å². The molecule has 1 saturated carbocycles. The number of aryl methyl sites for hydroxylation is 2. The summed E-state index contributed by atoms with van der Waals surface area (Å²) in [5.41, 5.74) is 5.50. The van der Waals surface area contributed by atoms with Crippen LogP contribution in [0.2, 0.25) is 0 Å². The Morgan fingerprint density at radius 1 is 1.09 bits per heavy atom. The van der Waals surface area contributed by atoms with Gasteiger partial charge in [-0.2, -0.15) is 0 Å². The van der Waals surface area contributed by atoms with Gasteiger partial charge in [-0.05, 0) is 44.9 Å². The minimum absolute atomic E-state index is 0.263. The van der Waals surface area contributed by atoms with Gasteiger partial charge in [-0.25, -0.2) is 24.3 Å². The van der Waals surface area contributed by atoms with Gasteiger partial charge in [-0.3, -0.25) is 4.40 Å². The van der Waals surface area contributed by atoms with E-state index in [1.807, 2.05) is 30.6 Å². The summed E-state index contributed by atoms with van der Waals surface area (Å²) in [7, 11) is 0. The van der Waals surface area contributed by atoms with Crippen LogP contribution in [0, 0.1) is 19.7 Å². The summed E-state index contributed by atoms with van der Waals surface area (Å²) in [5.74, 6) is 1.71. The third kappa shape index (κ3) is 3.10. The van der Waals surface area contributed by atoms with Crippen molar-refractivity contribution in [3.05, 3.63) is 71.6 Å². The largest absolute Gasteiger partial charge is 0.464 e. The Morgan fingerprint density at radius 2 is 1.94 bits per heavy atom. The van der Waals surface area contributed by atoms with Gasteiger partial charge in [0, 0.05) is 58.8 Å². The Hall–Kier alpha value is -3.81. The van der Waals surface area contributed by atoms with Crippen molar-refractivity contribution in [1.82, 2.24) is 24.3 Å². The van der Waals surface area contributed by atoms with Crippen LogP contribution in [0.15, 0.2) is 47.5 Å². The summed E-state index contributed by atoms with van der Waals surface area (Å²) in [6.45, 7) is 4.20. The highest BCUT2D eigenvalue weighted by Gasteiger charge is 2.27. The molecule has 0 unspecified atom stereocenters. The zero-order chi connectivity index (χ0) is 21.8. The lowest BCUT2D eigenvalue weighted by Crippen LogP contribution is -2.08. The summed E-state index contributed by atoms with van der Waals surface area (Å²) in [6, 6.07) is 4.83. The molecule has 6 rings (SSSR count). The third-order valence-corrected chi connectivity index (χ3v) is 5.95. The van der Waals surface area contributed by atoms with Gasteiger partial charge in [-0.15, -0.1) is 0 Å². The summed E-state index contributed by atoms with van der Waals surface area (Å²) in [5, 5.41) is 4.01. The first-order chi connectivity index (χ1) is 15.6. The van der Waals surface area contributed by atoms with Gasteiger partial charge >= 0.3 is 0 Å². The molecule has 0 bridgehead atoms. The van der Waals surface area contributed by atoms with Crippen molar-refractivity contribution >= 4 is 22.6 Å². The molecule has 7 nitrogen and oxygen atoms in total. The molecule has 1 N–H and O–H groups in total. The summed E-state index contributed by atoms with van der Waals surface area (Å²) in [6.07, 6.45) is 9.46. The Bertz CT molecular complexity index is 1480. The van der Waals surface area contributed by atoms with Gasteiger partial charge in [0.25, 0.3) is 0 Å². The van der Waals surface area contributed by atoms with Crippen molar-refractivity contribution in [1.29, 1.82) is 0 Å². The zero-order valence-corrected chi connectivity index (χ0v) is 17.8. The van der Waals surface area contributed by atoms with E-state index in [0.717, 1.165) is 52.2 Å². The summed E-state index contributed by atoms with van der Waals surface area (Å²) in [4.78, 5) is 18.6. The van der Waals surface area contributed by atoms with E-state index in [-0.39, 0.29) is 12.4 Å². The molecule has 1 fully saturated rings. The maximum atomic E-state index is 14.5.